The molecule has 1 N–H and O–H groups in total. The minimum absolute atomic E-state index is 0.0899. The van der Waals surface area contributed by atoms with E-state index in [1.165, 1.54) is 24.3 Å². The van der Waals surface area contributed by atoms with Gasteiger partial charge in [0.05, 0.1) is 0 Å². The monoisotopic (exact) mass is 326 g/mol. The molecule has 0 unspecified atom stereocenters. The van der Waals surface area contributed by atoms with Crippen LogP contribution in [0.25, 0.3) is 0 Å². The van der Waals surface area contributed by atoms with E-state index in [1.54, 1.807) is 19.2 Å². The van der Waals surface area contributed by atoms with Gasteiger partial charge in [-0.2, -0.15) is 0 Å². The molecule has 1 aliphatic carbocycles. The van der Waals surface area contributed by atoms with Crippen molar-refractivity contribution in [1.82, 2.24) is 10.2 Å². The van der Waals surface area contributed by atoms with Crippen molar-refractivity contribution in [3.63, 3.8) is 0 Å². The summed E-state index contributed by atoms with van der Waals surface area (Å²) in [6.45, 7) is 0.481. The molecule has 124 valence electrons. The standard InChI is InChI=1S/C19H19FN2O2/c1-21-18(23)14-4-2-13(3-5-14)12-22(17-10-11-17)19(24)15-6-8-16(20)9-7-15/h2-9,17H,10-12H2,1H3,(H,21,23). The Hall–Kier alpha value is -2.69. The number of benzene rings is 2. The fourth-order valence-corrected chi connectivity index (χ4v) is 2.61. The molecule has 2 amide bonds. The first-order valence-corrected chi connectivity index (χ1v) is 7.96. The van der Waals surface area contributed by atoms with Crippen molar-refractivity contribution in [2.24, 2.45) is 0 Å². The number of halogens is 1. The van der Waals surface area contributed by atoms with Crippen molar-refractivity contribution in [1.29, 1.82) is 0 Å². The Kier molecular flexibility index (Phi) is 4.60. The molecule has 0 atom stereocenters. The second kappa shape index (κ2) is 6.83. The Balaban J connectivity index is 1.75. The van der Waals surface area contributed by atoms with Crippen LogP contribution in [-0.2, 0) is 6.54 Å². The van der Waals surface area contributed by atoms with Crippen LogP contribution in [0.1, 0.15) is 39.1 Å². The molecule has 1 saturated carbocycles. The molecule has 4 nitrogen and oxygen atoms in total. The SMILES string of the molecule is CNC(=O)c1ccc(CN(C(=O)c2ccc(F)cc2)C2CC2)cc1. The number of rotatable bonds is 5. The van der Waals surface area contributed by atoms with Crippen LogP contribution in [0.4, 0.5) is 4.39 Å². The average molecular weight is 326 g/mol. The molecule has 3 rings (SSSR count). The van der Waals surface area contributed by atoms with Crippen LogP contribution in [0, 0.1) is 5.82 Å². The van der Waals surface area contributed by atoms with Gasteiger partial charge in [-0.3, -0.25) is 9.59 Å². The van der Waals surface area contributed by atoms with Crippen molar-refractivity contribution < 1.29 is 14.0 Å². The molecular weight excluding hydrogens is 307 g/mol. The maximum Gasteiger partial charge on any atom is 0.254 e. The van der Waals surface area contributed by atoms with Crippen LogP contribution < -0.4 is 5.32 Å². The first kappa shape index (κ1) is 16.2. The van der Waals surface area contributed by atoms with E-state index in [0.717, 1.165) is 18.4 Å². The van der Waals surface area contributed by atoms with Crippen LogP contribution in [0.15, 0.2) is 48.5 Å². The summed E-state index contributed by atoms with van der Waals surface area (Å²) >= 11 is 0. The highest BCUT2D eigenvalue weighted by atomic mass is 19.1. The number of amides is 2. The second-order valence-electron chi connectivity index (χ2n) is 5.95. The van der Waals surface area contributed by atoms with Gasteiger partial charge in [-0.25, -0.2) is 4.39 Å². The summed E-state index contributed by atoms with van der Waals surface area (Å²) in [4.78, 5) is 26.1. The van der Waals surface area contributed by atoms with Gasteiger partial charge in [-0.05, 0) is 54.8 Å². The first-order valence-electron chi connectivity index (χ1n) is 7.96. The molecular formula is C19H19FN2O2. The maximum atomic E-state index is 13.0. The maximum absolute atomic E-state index is 13.0. The zero-order chi connectivity index (χ0) is 17.1. The highest BCUT2D eigenvalue weighted by Gasteiger charge is 2.33. The first-order chi connectivity index (χ1) is 11.6. The third-order valence-electron chi connectivity index (χ3n) is 4.14. The van der Waals surface area contributed by atoms with E-state index in [1.807, 2.05) is 17.0 Å². The zero-order valence-electron chi connectivity index (χ0n) is 13.5. The predicted molar refractivity (Wildman–Crippen MR) is 89.1 cm³/mol. The van der Waals surface area contributed by atoms with E-state index >= 15 is 0 Å². The second-order valence-corrected chi connectivity index (χ2v) is 5.95. The molecule has 0 aliphatic heterocycles. The lowest BCUT2D eigenvalue weighted by molar-refractivity contribution is 0.0729. The van der Waals surface area contributed by atoms with Crippen molar-refractivity contribution in [3.8, 4) is 0 Å². The molecule has 0 spiro atoms. The lowest BCUT2D eigenvalue weighted by atomic mass is 10.1. The number of hydrogen-bond acceptors (Lipinski definition) is 2. The zero-order valence-corrected chi connectivity index (χ0v) is 13.5. The smallest absolute Gasteiger partial charge is 0.254 e. The fraction of sp³-hybridized carbons (Fsp3) is 0.263. The van der Waals surface area contributed by atoms with Crippen molar-refractivity contribution >= 4 is 11.8 Å². The lowest BCUT2D eigenvalue weighted by Crippen LogP contribution is -2.32. The quantitative estimate of drug-likeness (QED) is 0.918. The van der Waals surface area contributed by atoms with Gasteiger partial charge in [0.1, 0.15) is 5.82 Å². The van der Waals surface area contributed by atoms with Crippen LogP contribution in [0.2, 0.25) is 0 Å². The number of carbonyl (C=O) groups excluding carboxylic acids is 2. The molecule has 5 heteroatoms. The Morgan fingerprint density at radius 2 is 1.62 bits per heavy atom. The molecule has 1 aliphatic rings. The van der Waals surface area contributed by atoms with E-state index in [2.05, 4.69) is 5.32 Å². The van der Waals surface area contributed by atoms with Gasteiger partial charge in [0, 0.05) is 30.8 Å². The Bertz CT molecular complexity index is 737. The fourth-order valence-electron chi connectivity index (χ4n) is 2.61. The molecule has 2 aromatic rings. The van der Waals surface area contributed by atoms with Gasteiger partial charge in [0.15, 0.2) is 0 Å². The molecule has 0 bridgehead atoms. The average Bonchev–Trinajstić information content (AvgIpc) is 3.44. The molecule has 0 saturated heterocycles. The lowest BCUT2D eigenvalue weighted by Gasteiger charge is -2.23. The van der Waals surface area contributed by atoms with Gasteiger partial charge < -0.3 is 10.2 Å². The molecule has 1 fully saturated rings. The summed E-state index contributed by atoms with van der Waals surface area (Å²) in [6.07, 6.45) is 1.98. The Morgan fingerprint density at radius 3 is 2.17 bits per heavy atom. The van der Waals surface area contributed by atoms with Crippen LogP contribution in [0.3, 0.4) is 0 Å². The number of nitrogens with zero attached hydrogens (tertiary/aromatic N) is 1. The molecule has 24 heavy (non-hydrogen) atoms. The van der Waals surface area contributed by atoms with E-state index in [0.29, 0.717) is 17.7 Å². The summed E-state index contributed by atoms with van der Waals surface area (Å²) in [7, 11) is 1.59. The van der Waals surface area contributed by atoms with Crippen LogP contribution in [-0.4, -0.2) is 29.8 Å². The largest absolute Gasteiger partial charge is 0.355 e. The minimum Gasteiger partial charge on any atom is -0.355 e. The molecule has 0 heterocycles. The van der Waals surface area contributed by atoms with E-state index in [9.17, 15) is 14.0 Å². The van der Waals surface area contributed by atoms with Crippen molar-refractivity contribution in [2.75, 3.05) is 7.05 Å². The summed E-state index contributed by atoms with van der Waals surface area (Å²) in [6, 6.07) is 13.1. The number of carbonyl (C=O) groups is 2. The number of nitrogens with one attached hydrogen (secondary N) is 1. The highest BCUT2D eigenvalue weighted by Crippen LogP contribution is 2.30. The summed E-state index contributed by atoms with van der Waals surface area (Å²) in [5.74, 6) is -0.579. The van der Waals surface area contributed by atoms with Gasteiger partial charge in [0.25, 0.3) is 11.8 Å². The third-order valence-corrected chi connectivity index (χ3v) is 4.14. The summed E-state index contributed by atoms with van der Waals surface area (Å²) in [5.41, 5.74) is 2.04. The Labute approximate surface area is 140 Å². The summed E-state index contributed by atoms with van der Waals surface area (Å²) in [5, 5.41) is 2.58. The van der Waals surface area contributed by atoms with Gasteiger partial charge in [-0.15, -0.1) is 0 Å². The minimum atomic E-state index is -0.352. The Morgan fingerprint density at radius 1 is 1.04 bits per heavy atom. The molecule has 0 aromatic heterocycles. The topological polar surface area (TPSA) is 49.4 Å². The highest BCUT2D eigenvalue weighted by molar-refractivity contribution is 5.95. The van der Waals surface area contributed by atoms with E-state index < -0.39 is 0 Å². The van der Waals surface area contributed by atoms with Gasteiger partial charge >= 0.3 is 0 Å². The predicted octanol–water partition coefficient (Wildman–Crippen LogP) is 2.99. The molecule has 2 aromatic carbocycles. The van der Waals surface area contributed by atoms with Crippen molar-refractivity contribution in [3.05, 3.63) is 71.0 Å². The van der Waals surface area contributed by atoms with Gasteiger partial charge in [0.2, 0.25) is 0 Å². The molecule has 0 radical (unpaired) electrons. The van der Waals surface area contributed by atoms with Crippen LogP contribution >= 0.6 is 0 Å². The van der Waals surface area contributed by atoms with Gasteiger partial charge in [-0.1, -0.05) is 12.1 Å². The summed E-state index contributed by atoms with van der Waals surface area (Å²) < 4.78 is 13.0. The van der Waals surface area contributed by atoms with Crippen molar-refractivity contribution in [2.45, 2.75) is 25.4 Å². The normalized spacial score (nSPS) is 13.4. The van der Waals surface area contributed by atoms with Crippen LogP contribution in [0.5, 0.6) is 0 Å². The number of hydrogen-bond donors (Lipinski definition) is 1. The van der Waals surface area contributed by atoms with E-state index in [4.69, 9.17) is 0 Å². The van der Waals surface area contributed by atoms with E-state index in [-0.39, 0.29) is 23.7 Å². The third kappa shape index (κ3) is 3.62.